The van der Waals surface area contributed by atoms with Crippen LogP contribution < -0.4 is 4.74 Å². The molecule has 0 aliphatic carbocycles. The minimum atomic E-state index is -1.02. The molecule has 6 nitrogen and oxygen atoms in total. The molecule has 0 fully saturated rings. The van der Waals surface area contributed by atoms with Crippen molar-refractivity contribution in [3.05, 3.63) is 89.2 Å². The van der Waals surface area contributed by atoms with E-state index in [0.29, 0.717) is 30.9 Å². The highest BCUT2D eigenvalue weighted by Gasteiger charge is 2.09. The fourth-order valence-corrected chi connectivity index (χ4v) is 3.03. The minimum Gasteiger partial charge on any atom is -0.497 e. The lowest BCUT2D eigenvalue weighted by atomic mass is 10.0. The number of benzene rings is 2. The molecule has 2 aromatic carbocycles. The van der Waals surface area contributed by atoms with E-state index in [2.05, 4.69) is 20.4 Å². The van der Waals surface area contributed by atoms with Crippen molar-refractivity contribution in [3.63, 3.8) is 0 Å². The summed E-state index contributed by atoms with van der Waals surface area (Å²) in [4.78, 5) is 22.2. The first kappa shape index (κ1) is 30.2. The number of carbonyl (C=O) groups is 2. The Hall–Kier alpha value is -3.80. The molecule has 0 aliphatic heterocycles. The predicted octanol–water partition coefficient (Wildman–Crippen LogP) is 7.08. The Labute approximate surface area is 214 Å². The summed E-state index contributed by atoms with van der Waals surface area (Å²) < 4.78 is 10.4. The summed E-state index contributed by atoms with van der Waals surface area (Å²) in [6.45, 7) is 10.4. The van der Waals surface area contributed by atoms with Gasteiger partial charge in [0.15, 0.2) is 0 Å². The number of carboxylic acids is 2. The topological polar surface area (TPSA) is 93.1 Å². The van der Waals surface area contributed by atoms with Gasteiger partial charge in [0, 0.05) is 5.57 Å². The van der Waals surface area contributed by atoms with Crippen molar-refractivity contribution in [1.82, 2.24) is 0 Å². The van der Waals surface area contributed by atoms with Crippen molar-refractivity contribution in [2.24, 2.45) is 5.92 Å². The first-order chi connectivity index (χ1) is 17.1. The van der Waals surface area contributed by atoms with Gasteiger partial charge in [0.2, 0.25) is 5.76 Å². The van der Waals surface area contributed by atoms with Crippen molar-refractivity contribution in [3.8, 4) is 5.75 Å². The predicted molar refractivity (Wildman–Crippen MR) is 145 cm³/mol. The summed E-state index contributed by atoms with van der Waals surface area (Å²) in [6.07, 6.45) is 6.34. The van der Waals surface area contributed by atoms with E-state index in [1.807, 2.05) is 61.5 Å². The molecule has 0 saturated heterocycles. The Bertz CT molecular complexity index is 1020. The van der Waals surface area contributed by atoms with Gasteiger partial charge in [-0.3, -0.25) is 0 Å². The average Bonchev–Trinajstić information content (AvgIpc) is 2.84. The quantitative estimate of drug-likeness (QED) is 0.134. The molecule has 2 rings (SSSR count). The van der Waals surface area contributed by atoms with Gasteiger partial charge in [0.25, 0.3) is 0 Å². The smallest absolute Gasteiger partial charge is 0.371 e. The van der Waals surface area contributed by atoms with Crippen molar-refractivity contribution >= 4 is 24.1 Å². The van der Waals surface area contributed by atoms with Gasteiger partial charge < -0.3 is 19.7 Å². The molecule has 0 aliphatic rings. The van der Waals surface area contributed by atoms with E-state index in [4.69, 9.17) is 19.7 Å². The summed E-state index contributed by atoms with van der Waals surface area (Å²) in [5, 5.41) is 18.2. The summed E-state index contributed by atoms with van der Waals surface area (Å²) in [6, 6.07) is 16.6. The van der Waals surface area contributed by atoms with Crippen LogP contribution in [0.2, 0.25) is 0 Å². The fourth-order valence-electron chi connectivity index (χ4n) is 3.03. The first-order valence-corrected chi connectivity index (χ1v) is 12.0. The summed E-state index contributed by atoms with van der Waals surface area (Å²) in [7, 11) is 1.60. The van der Waals surface area contributed by atoms with Crippen LogP contribution in [0.15, 0.2) is 78.1 Å². The van der Waals surface area contributed by atoms with E-state index in [9.17, 15) is 9.59 Å². The Balaban J connectivity index is 0.000000360. The number of carboxylic acid groups (broad SMARTS) is 2. The molecule has 0 heterocycles. The lowest BCUT2D eigenvalue weighted by Gasteiger charge is -2.08. The van der Waals surface area contributed by atoms with E-state index < -0.39 is 11.9 Å². The largest absolute Gasteiger partial charge is 0.497 e. The van der Waals surface area contributed by atoms with E-state index >= 15 is 0 Å². The first-order valence-electron chi connectivity index (χ1n) is 12.0. The molecule has 36 heavy (non-hydrogen) atoms. The molecule has 2 N–H and O–H groups in total. The zero-order valence-corrected chi connectivity index (χ0v) is 21.7. The molecule has 0 spiro atoms. The maximum absolute atomic E-state index is 11.1. The van der Waals surface area contributed by atoms with Crippen LogP contribution in [0.4, 0.5) is 0 Å². The van der Waals surface area contributed by atoms with E-state index in [-0.39, 0.29) is 5.76 Å². The number of allylic oxidation sites excluding steroid dienone is 1. The average molecular weight is 495 g/mol. The van der Waals surface area contributed by atoms with Gasteiger partial charge in [-0.1, -0.05) is 61.9 Å². The molecule has 0 aromatic heterocycles. The number of hydrogen-bond acceptors (Lipinski definition) is 4. The SMILES string of the molecule is C=C(C)CCC(=Cc1ccc(OC)cc1)C(=O)O.CC(C)CCCOC(=Cc1ccccc1)C(=O)O. The summed E-state index contributed by atoms with van der Waals surface area (Å²) >= 11 is 0. The lowest BCUT2D eigenvalue weighted by molar-refractivity contribution is -0.136. The molecule has 0 amide bonds. The second-order valence-corrected chi connectivity index (χ2v) is 8.81. The van der Waals surface area contributed by atoms with Crippen LogP contribution in [0.3, 0.4) is 0 Å². The number of hydrogen-bond donors (Lipinski definition) is 2. The van der Waals surface area contributed by atoms with Crippen LogP contribution in [-0.4, -0.2) is 35.9 Å². The van der Waals surface area contributed by atoms with Crippen molar-refractivity contribution in [2.75, 3.05) is 13.7 Å². The van der Waals surface area contributed by atoms with Gasteiger partial charge in [-0.15, -0.1) is 6.58 Å². The second-order valence-electron chi connectivity index (χ2n) is 8.81. The van der Waals surface area contributed by atoms with Gasteiger partial charge in [0.1, 0.15) is 5.75 Å². The third-order valence-corrected chi connectivity index (χ3v) is 5.04. The molecule has 194 valence electrons. The molecular formula is C30H38O6. The van der Waals surface area contributed by atoms with Crippen molar-refractivity contribution in [2.45, 2.75) is 46.5 Å². The van der Waals surface area contributed by atoms with Crippen LogP contribution in [0.25, 0.3) is 12.2 Å². The zero-order chi connectivity index (χ0) is 26.9. The van der Waals surface area contributed by atoms with Crippen LogP contribution >= 0.6 is 0 Å². The standard InChI is InChI=1S/C15H18O3.C15H20O3/c1-11(2)4-7-13(15(16)17)10-12-5-8-14(18-3)9-6-12;1-12(2)7-6-10-18-14(15(16)17)11-13-8-4-3-5-9-13/h5-6,8-10H,1,4,7H2,2-3H3,(H,16,17);3-5,8-9,11-12H,6-7,10H2,1-2H3,(H,16,17). The van der Waals surface area contributed by atoms with Gasteiger partial charge >= 0.3 is 11.9 Å². The number of aliphatic carboxylic acids is 2. The van der Waals surface area contributed by atoms with E-state index in [0.717, 1.165) is 35.3 Å². The number of rotatable bonds is 13. The van der Waals surface area contributed by atoms with Crippen LogP contribution in [0.5, 0.6) is 5.75 Å². The lowest BCUT2D eigenvalue weighted by Crippen LogP contribution is -2.06. The second kappa shape index (κ2) is 16.8. The Kier molecular flexibility index (Phi) is 14.1. The normalized spacial score (nSPS) is 11.4. The molecule has 0 saturated carbocycles. The number of ether oxygens (including phenoxy) is 2. The highest BCUT2D eigenvalue weighted by Crippen LogP contribution is 2.17. The van der Waals surface area contributed by atoms with Crippen LogP contribution in [0, 0.1) is 5.92 Å². The molecule has 2 aromatic rings. The van der Waals surface area contributed by atoms with E-state index in [1.54, 1.807) is 19.3 Å². The monoisotopic (exact) mass is 494 g/mol. The summed E-state index contributed by atoms with van der Waals surface area (Å²) in [5.74, 6) is -0.536. The Morgan fingerprint density at radius 1 is 0.917 bits per heavy atom. The molecule has 0 unspecified atom stereocenters. The van der Waals surface area contributed by atoms with Gasteiger partial charge in [-0.25, -0.2) is 9.59 Å². The summed E-state index contributed by atoms with van der Waals surface area (Å²) in [5.41, 5.74) is 3.06. The molecule has 0 atom stereocenters. The molecular weight excluding hydrogens is 456 g/mol. The molecule has 6 heteroatoms. The zero-order valence-electron chi connectivity index (χ0n) is 21.7. The fraction of sp³-hybridized carbons (Fsp3) is 0.333. The van der Waals surface area contributed by atoms with Gasteiger partial charge in [0.05, 0.1) is 13.7 Å². The van der Waals surface area contributed by atoms with Crippen LogP contribution in [0.1, 0.15) is 57.6 Å². The third kappa shape index (κ3) is 13.2. The van der Waals surface area contributed by atoms with Gasteiger partial charge in [-0.05, 0) is 73.9 Å². The third-order valence-electron chi connectivity index (χ3n) is 5.04. The maximum Gasteiger partial charge on any atom is 0.371 e. The van der Waals surface area contributed by atoms with E-state index in [1.165, 1.54) is 0 Å². The van der Waals surface area contributed by atoms with Crippen molar-refractivity contribution < 1.29 is 29.3 Å². The Morgan fingerprint density at radius 3 is 2.03 bits per heavy atom. The van der Waals surface area contributed by atoms with Crippen LogP contribution in [-0.2, 0) is 14.3 Å². The minimum absolute atomic E-state index is 0.00459. The highest BCUT2D eigenvalue weighted by atomic mass is 16.5. The highest BCUT2D eigenvalue weighted by molar-refractivity contribution is 5.92. The van der Waals surface area contributed by atoms with Crippen molar-refractivity contribution in [1.29, 1.82) is 0 Å². The molecule has 0 bridgehead atoms. The molecule has 0 radical (unpaired) electrons. The van der Waals surface area contributed by atoms with Gasteiger partial charge in [-0.2, -0.15) is 0 Å². The maximum atomic E-state index is 11.1. The number of methoxy groups -OCH3 is 1. The Morgan fingerprint density at radius 2 is 1.53 bits per heavy atom.